The van der Waals surface area contributed by atoms with E-state index in [1.54, 1.807) is 18.2 Å². The molecule has 0 aliphatic carbocycles. The Morgan fingerprint density at radius 3 is 2.53 bits per heavy atom. The average Bonchev–Trinajstić information content (AvgIpc) is 2.27. The number of benzene rings is 1. The Morgan fingerprint density at radius 1 is 1.41 bits per heavy atom. The maximum absolute atomic E-state index is 8.73. The van der Waals surface area contributed by atoms with E-state index < -0.39 is 0 Å². The molecule has 0 spiro atoms. The van der Waals surface area contributed by atoms with Crippen LogP contribution >= 0.6 is 11.6 Å². The molecule has 17 heavy (non-hydrogen) atoms. The van der Waals surface area contributed by atoms with Crippen LogP contribution < -0.4 is 4.74 Å². The van der Waals surface area contributed by atoms with E-state index in [1.165, 1.54) is 0 Å². The highest BCUT2D eigenvalue weighted by Gasteiger charge is 2.21. The van der Waals surface area contributed by atoms with Gasteiger partial charge in [-0.1, -0.05) is 11.6 Å². The first-order valence-electron chi connectivity index (χ1n) is 5.37. The minimum Gasteiger partial charge on any atom is -0.490 e. The summed E-state index contributed by atoms with van der Waals surface area (Å²) in [6, 6.07) is 7.08. The van der Waals surface area contributed by atoms with Crippen LogP contribution in [0.4, 0.5) is 0 Å². The zero-order valence-electron chi connectivity index (χ0n) is 10.6. The molecule has 1 aromatic rings. The molecule has 0 saturated carbocycles. The lowest BCUT2D eigenvalue weighted by Crippen LogP contribution is -2.43. The van der Waals surface area contributed by atoms with Gasteiger partial charge in [0.1, 0.15) is 12.4 Å². The van der Waals surface area contributed by atoms with Crippen LogP contribution in [0.3, 0.4) is 0 Å². The fraction of sp³-hybridized carbons (Fsp3) is 0.462. The fourth-order valence-corrected chi connectivity index (χ4v) is 1.31. The van der Waals surface area contributed by atoms with Crippen LogP contribution in [-0.4, -0.2) is 31.1 Å². The molecular weight excluding hydrogens is 236 g/mol. The van der Waals surface area contributed by atoms with E-state index >= 15 is 0 Å². The standard InChI is InChI=1S/C13H17ClN2O/c1-13(2,16(3)4)9-17-12-6-5-10(8-15)7-11(12)14/h5-7H,9H2,1-4H3. The number of likely N-dealkylation sites (N-methyl/N-ethyl adjacent to an activating group) is 1. The summed E-state index contributed by atoms with van der Waals surface area (Å²) in [6.07, 6.45) is 0. The van der Waals surface area contributed by atoms with Crippen molar-refractivity contribution in [3.8, 4) is 11.8 Å². The Bertz CT molecular complexity index is 436. The number of ether oxygens (including phenoxy) is 1. The second-order valence-electron chi connectivity index (χ2n) is 4.75. The molecule has 0 aliphatic heterocycles. The average molecular weight is 253 g/mol. The molecular formula is C13H17ClN2O. The molecule has 3 nitrogen and oxygen atoms in total. The first-order valence-corrected chi connectivity index (χ1v) is 5.74. The van der Waals surface area contributed by atoms with Gasteiger partial charge < -0.3 is 9.64 Å². The molecule has 0 aliphatic rings. The Morgan fingerprint density at radius 2 is 2.06 bits per heavy atom. The minimum atomic E-state index is -0.0722. The van der Waals surface area contributed by atoms with Gasteiger partial charge in [-0.25, -0.2) is 0 Å². The summed E-state index contributed by atoms with van der Waals surface area (Å²) < 4.78 is 5.68. The molecule has 0 N–H and O–H groups in total. The monoisotopic (exact) mass is 252 g/mol. The Balaban J connectivity index is 2.74. The van der Waals surface area contributed by atoms with Gasteiger partial charge in [0.25, 0.3) is 0 Å². The van der Waals surface area contributed by atoms with Gasteiger partial charge in [0, 0.05) is 5.54 Å². The van der Waals surface area contributed by atoms with Gasteiger partial charge in [0.05, 0.1) is 16.7 Å². The lowest BCUT2D eigenvalue weighted by Gasteiger charge is -2.32. The molecule has 0 radical (unpaired) electrons. The first kappa shape index (κ1) is 13.8. The van der Waals surface area contributed by atoms with E-state index in [1.807, 2.05) is 20.2 Å². The molecule has 4 heteroatoms. The van der Waals surface area contributed by atoms with Gasteiger partial charge in [-0.3, -0.25) is 0 Å². The smallest absolute Gasteiger partial charge is 0.138 e. The highest BCUT2D eigenvalue weighted by Crippen LogP contribution is 2.26. The van der Waals surface area contributed by atoms with Crippen LogP contribution in [0.5, 0.6) is 5.75 Å². The summed E-state index contributed by atoms with van der Waals surface area (Å²) >= 11 is 6.03. The number of rotatable bonds is 4. The molecule has 0 unspecified atom stereocenters. The fourth-order valence-electron chi connectivity index (χ4n) is 1.07. The quantitative estimate of drug-likeness (QED) is 0.827. The maximum Gasteiger partial charge on any atom is 0.138 e. The maximum atomic E-state index is 8.73. The van der Waals surface area contributed by atoms with Crippen molar-refractivity contribution in [1.82, 2.24) is 4.90 Å². The van der Waals surface area contributed by atoms with E-state index in [0.717, 1.165) is 0 Å². The molecule has 0 fully saturated rings. The molecule has 0 aromatic heterocycles. The highest BCUT2D eigenvalue weighted by atomic mass is 35.5. The van der Waals surface area contributed by atoms with Gasteiger partial charge >= 0.3 is 0 Å². The SMILES string of the molecule is CN(C)C(C)(C)COc1ccc(C#N)cc1Cl. The van der Waals surface area contributed by atoms with Gasteiger partial charge in [-0.2, -0.15) is 5.26 Å². The summed E-state index contributed by atoms with van der Waals surface area (Å²) in [6.45, 7) is 4.71. The van der Waals surface area contributed by atoms with Gasteiger partial charge in [-0.05, 0) is 46.1 Å². The van der Waals surface area contributed by atoms with Crippen molar-refractivity contribution in [2.24, 2.45) is 0 Å². The summed E-state index contributed by atoms with van der Waals surface area (Å²) in [5.74, 6) is 0.612. The summed E-state index contributed by atoms with van der Waals surface area (Å²) in [5, 5.41) is 9.20. The van der Waals surface area contributed by atoms with E-state index in [0.29, 0.717) is 22.9 Å². The van der Waals surface area contributed by atoms with Gasteiger partial charge in [-0.15, -0.1) is 0 Å². The molecule has 92 valence electrons. The molecule has 0 amide bonds. The van der Waals surface area contributed by atoms with Crippen molar-refractivity contribution in [2.45, 2.75) is 19.4 Å². The third kappa shape index (κ3) is 3.62. The van der Waals surface area contributed by atoms with Crippen molar-refractivity contribution >= 4 is 11.6 Å². The summed E-state index contributed by atoms with van der Waals surface area (Å²) in [4.78, 5) is 2.09. The lowest BCUT2D eigenvalue weighted by molar-refractivity contribution is 0.114. The van der Waals surface area contributed by atoms with Crippen molar-refractivity contribution < 1.29 is 4.74 Å². The first-order chi connectivity index (χ1) is 7.86. The highest BCUT2D eigenvalue weighted by molar-refractivity contribution is 6.32. The number of nitriles is 1. The van der Waals surface area contributed by atoms with Crippen LogP contribution in [0.2, 0.25) is 5.02 Å². The van der Waals surface area contributed by atoms with E-state index in [2.05, 4.69) is 18.7 Å². The summed E-state index contributed by atoms with van der Waals surface area (Å²) in [5.41, 5.74) is 0.464. The van der Waals surface area contributed by atoms with Crippen LogP contribution in [0, 0.1) is 11.3 Å². The van der Waals surface area contributed by atoms with Gasteiger partial charge in [0.15, 0.2) is 0 Å². The molecule has 0 bridgehead atoms. The molecule has 0 heterocycles. The number of nitrogens with zero attached hydrogens (tertiary/aromatic N) is 2. The van der Waals surface area contributed by atoms with Crippen LogP contribution in [0.25, 0.3) is 0 Å². The molecule has 1 rings (SSSR count). The predicted molar refractivity (Wildman–Crippen MR) is 69.4 cm³/mol. The largest absolute Gasteiger partial charge is 0.490 e. The van der Waals surface area contributed by atoms with Crippen LogP contribution in [-0.2, 0) is 0 Å². The number of halogens is 1. The number of hydrogen-bond acceptors (Lipinski definition) is 3. The third-order valence-corrected chi connectivity index (χ3v) is 3.15. The van der Waals surface area contributed by atoms with E-state index in [-0.39, 0.29) is 5.54 Å². The second kappa shape index (κ2) is 5.39. The molecule has 0 atom stereocenters. The zero-order chi connectivity index (χ0) is 13.1. The van der Waals surface area contributed by atoms with Crippen molar-refractivity contribution in [2.75, 3.05) is 20.7 Å². The van der Waals surface area contributed by atoms with E-state index in [4.69, 9.17) is 21.6 Å². The van der Waals surface area contributed by atoms with Crippen molar-refractivity contribution in [3.63, 3.8) is 0 Å². The number of hydrogen-bond donors (Lipinski definition) is 0. The topological polar surface area (TPSA) is 36.3 Å². The minimum absolute atomic E-state index is 0.0722. The van der Waals surface area contributed by atoms with Crippen LogP contribution in [0.1, 0.15) is 19.4 Å². The second-order valence-corrected chi connectivity index (χ2v) is 5.16. The van der Waals surface area contributed by atoms with Crippen molar-refractivity contribution in [3.05, 3.63) is 28.8 Å². The van der Waals surface area contributed by atoms with Gasteiger partial charge in [0.2, 0.25) is 0 Å². The molecule has 0 saturated heterocycles. The van der Waals surface area contributed by atoms with E-state index in [9.17, 15) is 0 Å². The predicted octanol–water partition coefficient (Wildman–Crippen LogP) is 2.93. The Hall–Kier alpha value is -1.24. The summed E-state index contributed by atoms with van der Waals surface area (Å²) in [7, 11) is 4.01. The lowest BCUT2D eigenvalue weighted by atomic mass is 10.1. The Labute approximate surface area is 108 Å². The Kier molecular flexibility index (Phi) is 4.39. The molecule has 1 aromatic carbocycles. The zero-order valence-corrected chi connectivity index (χ0v) is 11.4. The third-order valence-electron chi connectivity index (χ3n) is 2.85. The van der Waals surface area contributed by atoms with Crippen molar-refractivity contribution in [1.29, 1.82) is 5.26 Å². The van der Waals surface area contributed by atoms with Crippen LogP contribution in [0.15, 0.2) is 18.2 Å². The normalized spacial score (nSPS) is 11.4.